The molecule has 2 aromatic rings. The van der Waals surface area contributed by atoms with Crippen LogP contribution in [-0.4, -0.2) is 78.9 Å². The Balaban J connectivity index is 1.58. The minimum atomic E-state index is -5.08. The number of halogens is 7. The van der Waals surface area contributed by atoms with Gasteiger partial charge >= 0.3 is 18.4 Å². The van der Waals surface area contributed by atoms with Gasteiger partial charge in [-0.25, -0.2) is 9.18 Å². The first-order valence-corrected chi connectivity index (χ1v) is 14.1. The van der Waals surface area contributed by atoms with E-state index in [1.54, 1.807) is 9.80 Å². The van der Waals surface area contributed by atoms with Gasteiger partial charge in [-0.1, -0.05) is 12.1 Å². The summed E-state index contributed by atoms with van der Waals surface area (Å²) in [7, 11) is 2.49. The fourth-order valence-electron chi connectivity index (χ4n) is 5.96. The van der Waals surface area contributed by atoms with Gasteiger partial charge in [-0.05, 0) is 55.2 Å². The normalized spacial score (nSPS) is 20.0. The molecule has 4 rings (SSSR count). The molecule has 2 aliphatic heterocycles. The van der Waals surface area contributed by atoms with Crippen LogP contribution in [0.1, 0.15) is 48.8 Å². The Bertz CT molecular complexity index is 1340. The Morgan fingerprint density at radius 1 is 0.795 bits per heavy atom. The van der Waals surface area contributed by atoms with Gasteiger partial charge in [-0.2, -0.15) is 26.3 Å². The van der Waals surface area contributed by atoms with Gasteiger partial charge < -0.3 is 14.7 Å². The molecule has 7 nitrogen and oxygen atoms in total. The molecular weight excluding hydrogens is 597 g/mol. The van der Waals surface area contributed by atoms with Crippen molar-refractivity contribution >= 4 is 23.5 Å². The minimum absolute atomic E-state index is 0.00716. The molecule has 2 atom stereocenters. The van der Waals surface area contributed by atoms with E-state index in [1.165, 1.54) is 43.1 Å². The lowest BCUT2D eigenvalue weighted by molar-refractivity contribution is -0.143. The molecule has 240 valence electrons. The van der Waals surface area contributed by atoms with Crippen LogP contribution < -0.4 is 4.90 Å². The molecule has 0 aliphatic carbocycles. The number of benzene rings is 2. The highest BCUT2D eigenvalue weighted by molar-refractivity contribution is 5.92. The highest BCUT2D eigenvalue weighted by Gasteiger charge is 2.41. The van der Waals surface area contributed by atoms with Crippen molar-refractivity contribution in [3.8, 4) is 0 Å². The molecule has 44 heavy (non-hydrogen) atoms. The van der Waals surface area contributed by atoms with Crippen molar-refractivity contribution in [3.63, 3.8) is 0 Å². The van der Waals surface area contributed by atoms with Crippen LogP contribution in [0, 0.1) is 11.7 Å². The minimum Gasteiger partial charge on any atom is -0.343 e. The van der Waals surface area contributed by atoms with E-state index < -0.39 is 53.0 Å². The van der Waals surface area contributed by atoms with E-state index in [2.05, 4.69) is 0 Å². The van der Waals surface area contributed by atoms with Crippen molar-refractivity contribution < 1.29 is 45.1 Å². The summed E-state index contributed by atoms with van der Waals surface area (Å²) in [6.07, 6.45) is -8.91. The Morgan fingerprint density at radius 3 is 1.82 bits per heavy atom. The highest BCUT2D eigenvalue weighted by atomic mass is 19.4. The van der Waals surface area contributed by atoms with Crippen molar-refractivity contribution in [2.24, 2.45) is 5.92 Å². The van der Waals surface area contributed by atoms with Crippen molar-refractivity contribution in [2.75, 3.05) is 45.2 Å². The monoisotopic (exact) mass is 630 g/mol. The van der Waals surface area contributed by atoms with Gasteiger partial charge in [0.05, 0.1) is 11.1 Å². The summed E-state index contributed by atoms with van der Waals surface area (Å²) < 4.78 is 94.5. The molecule has 2 fully saturated rings. The van der Waals surface area contributed by atoms with E-state index >= 15 is 0 Å². The lowest BCUT2D eigenvalue weighted by Crippen LogP contribution is -2.55. The third-order valence-electron chi connectivity index (χ3n) is 8.52. The maximum atomic E-state index is 13.8. The predicted molar refractivity (Wildman–Crippen MR) is 147 cm³/mol. The van der Waals surface area contributed by atoms with Crippen LogP contribution in [0.25, 0.3) is 0 Å². The van der Waals surface area contributed by atoms with Crippen LogP contribution in [0.15, 0.2) is 42.5 Å². The van der Waals surface area contributed by atoms with E-state index in [1.807, 2.05) is 0 Å². The first-order valence-electron chi connectivity index (χ1n) is 14.1. The molecule has 14 heteroatoms. The second kappa shape index (κ2) is 12.6. The number of carbonyl (C=O) groups excluding carboxylic acids is 3. The predicted octanol–water partition coefficient (Wildman–Crippen LogP) is 5.99. The number of likely N-dealkylation sites (tertiary alicyclic amines) is 2. The maximum Gasteiger partial charge on any atom is 0.416 e. The van der Waals surface area contributed by atoms with Crippen molar-refractivity contribution in [1.82, 2.24) is 14.7 Å². The Hall–Kier alpha value is -3.84. The number of urea groups is 1. The van der Waals surface area contributed by atoms with Crippen molar-refractivity contribution in [1.29, 1.82) is 0 Å². The summed E-state index contributed by atoms with van der Waals surface area (Å²) in [5.74, 6) is -1.50. The van der Waals surface area contributed by atoms with E-state index in [0.717, 1.165) is 11.9 Å². The van der Waals surface area contributed by atoms with Gasteiger partial charge in [0.2, 0.25) is 11.8 Å². The summed E-state index contributed by atoms with van der Waals surface area (Å²) in [4.78, 5) is 44.0. The van der Waals surface area contributed by atoms with E-state index in [4.69, 9.17) is 0 Å². The molecule has 0 bridgehead atoms. The van der Waals surface area contributed by atoms with Gasteiger partial charge in [0.1, 0.15) is 5.82 Å². The second-order valence-electron chi connectivity index (χ2n) is 11.3. The van der Waals surface area contributed by atoms with Gasteiger partial charge in [-0.3, -0.25) is 14.5 Å². The lowest BCUT2D eigenvalue weighted by atomic mass is 9.84. The zero-order chi connectivity index (χ0) is 32.6. The van der Waals surface area contributed by atoms with Gasteiger partial charge in [0.15, 0.2) is 0 Å². The number of hydrogen-bond acceptors (Lipinski definition) is 3. The van der Waals surface area contributed by atoms with Gasteiger partial charge in [0, 0.05) is 70.8 Å². The zero-order valence-corrected chi connectivity index (χ0v) is 24.4. The molecular formula is C30H33F7N4O3. The summed E-state index contributed by atoms with van der Waals surface area (Å²) in [6.45, 7) is 2.79. The smallest absolute Gasteiger partial charge is 0.343 e. The van der Waals surface area contributed by atoms with E-state index in [-0.39, 0.29) is 43.3 Å². The average Bonchev–Trinajstić information content (AvgIpc) is 2.98. The molecule has 2 saturated heterocycles. The quantitative estimate of drug-likeness (QED) is 0.390. The molecule has 0 N–H and O–H groups in total. The number of anilines is 1. The number of amides is 4. The standard InChI is InChI=1S/C30H33F7N4O3/c1-18(42)40-11-8-20(9-12-40)27(43)41-13-10-26(25(17-41)19-4-6-23(31)7-5-19)39(3)28(44)38(2)24-15-21(29(32,33)34)14-22(16-24)30(35,36)37/h4-7,14-16,20,25-26H,8-13,17H2,1-3H3. The lowest BCUT2D eigenvalue weighted by Gasteiger charge is -2.45. The molecule has 0 saturated carbocycles. The molecule has 0 radical (unpaired) electrons. The molecule has 2 aliphatic rings. The number of hydrogen-bond donors (Lipinski definition) is 0. The Labute approximate surface area is 250 Å². The molecule has 2 aromatic carbocycles. The Morgan fingerprint density at radius 2 is 1.32 bits per heavy atom. The van der Waals surface area contributed by atoms with E-state index in [9.17, 15) is 45.1 Å². The topological polar surface area (TPSA) is 64.2 Å². The molecule has 0 aromatic heterocycles. The first-order chi connectivity index (χ1) is 20.5. The van der Waals surface area contributed by atoms with Crippen LogP contribution in [-0.2, 0) is 21.9 Å². The van der Waals surface area contributed by atoms with Crippen LogP contribution in [0.2, 0.25) is 0 Å². The van der Waals surface area contributed by atoms with Crippen LogP contribution >= 0.6 is 0 Å². The molecule has 2 heterocycles. The fraction of sp³-hybridized carbons (Fsp3) is 0.500. The average molecular weight is 631 g/mol. The number of piperidine rings is 2. The highest BCUT2D eigenvalue weighted by Crippen LogP contribution is 2.39. The number of rotatable bonds is 4. The summed E-state index contributed by atoms with van der Waals surface area (Å²) in [5.41, 5.74) is -3.07. The summed E-state index contributed by atoms with van der Waals surface area (Å²) in [5, 5.41) is 0. The number of carbonyl (C=O) groups is 3. The second-order valence-corrected chi connectivity index (χ2v) is 11.3. The largest absolute Gasteiger partial charge is 0.416 e. The van der Waals surface area contributed by atoms with Crippen LogP contribution in [0.4, 0.5) is 41.2 Å². The van der Waals surface area contributed by atoms with Crippen molar-refractivity contribution in [2.45, 2.75) is 50.5 Å². The molecule has 4 amide bonds. The Kier molecular flexibility index (Phi) is 9.50. The van der Waals surface area contributed by atoms with Crippen LogP contribution in [0.5, 0.6) is 0 Å². The van der Waals surface area contributed by atoms with Crippen molar-refractivity contribution in [3.05, 3.63) is 65.0 Å². The zero-order valence-electron chi connectivity index (χ0n) is 24.4. The van der Waals surface area contributed by atoms with Crippen LogP contribution in [0.3, 0.4) is 0 Å². The number of alkyl halides is 6. The SMILES string of the molecule is CC(=O)N1CCC(C(=O)N2CCC(N(C)C(=O)N(C)c3cc(C(F)(F)F)cc(C(F)(F)F)c3)C(c3ccc(F)cc3)C2)CC1. The number of likely N-dealkylation sites (N-methyl/N-ethyl adjacent to an activating group) is 1. The molecule has 0 spiro atoms. The third kappa shape index (κ3) is 7.27. The third-order valence-corrected chi connectivity index (χ3v) is 8.52. The summed E-state index contributed by atoms with van der Waals surface area (Å²) in [6, 6.07) is 5.01. The van der Waals surface area contributed by atoms with Gasteiger partial charge in [-0.15, -0.1) is 0 Å². The number of nitrogens with zero attached hydrogens (tertiary/aromatic N) is 4. The van der Waals surface area contributed by atoms with E-state index in [0.29, 0.717) is 43.6 Å². The summed E-state index contributed by atoms with van der Waals surface area (Å²) >= 11 is 0. The first kappa shape index (κ1) is 33.1. The maximum absolute atomic E-state index is 13.8. The fourth-order valence-corrected chi connectivity index (χ4v) is 5.96. The molecule has 2 unspecified atom stereocenters. The van der Waals surface area contributed by atoms with Gasteiger partial charge in [0.25, 0.3) is 0 Å².